The van der Waals surface area contributed by atoms with E-state index in [1.54, 1.807) is 18.6 Å². The van der Waals surface area contributed by atoms with Gasteiger partial charge in [-0.15, -0.1) is 0 Å². The highest BCUT2D eigenvalue weighted by Gasteiger charge is 2.22. The minimum atomic E-state index is -4.22. The number of hydrogen-bond donors (Lipinski definition) is 3. The maximum Gasteiger partial charge on any atom is 0.280 e. The summed E-state index contributed by atoms with van der Waals surface area (Å²) in [6.45, 7) is 0.686. The topological polar surface area (TPSA) is 203 Å². The van der Waals surface area contributed by atoms with Crippen molar-refractivity contribution in [3.05, 3.63) is 66.2 Å². The lowest BCUT2D eigenvalue weighted by Gasteiger charge is -2.14. The van der Waals surface area contributed by atoms with Gasteiger partial charge in [-0.05, 0) is 48.7 Å². The van der Waals surface area contributed by atoms with Crippen LogP contribution in [0.4, 0.5) is 0 Å². The first kappa shape index (κ1) is 25.9. The highest BCUT2D eigenvalue weighted by Crippen LogP contribution is 2.34. The molecule has 0 aliphatic carbocycles. The summed E-state index contributed by atoms with van der Waals surface area (Å²) in [6, 6.07) is 7.94. The second-order valence-electron chi connectivity index (χ2n) is 7.61. The highest BCUT2D eigenvalue weighted by molar-refractivity contribution is 7.90. The number of nitrogens with two attached hydrogens (primary N) is 3. The maximum atomic E-state index is 12.4. The van der Waals surface area contributed by atoms with Crippen LogP contribution < -0.4 is 21.3 Å². The quantitative estimate of drug-likeness (QED) is 0.269. The molecule has 0 saturated carbocycles. The number of benzene rings is 2. The Morgan fingerprint density at radius 2 is 1.74 bits per heavy atom. The third-order valence-corrected chi connectivity index (χ3v) is 6.85. The Labute approximate surface area is 202 Å². The van der Waals surface area contributed by atoms with Gasteiger partial charge in [0.25, 0.3) is 5.91 Å². The first-order valence-corrected chi connectivity index (χ1v) is 13.6. The first-order chi connectivity index (χ1) is 16.3. The number of nitrogens with zero attached hydrogens (tertiary/aromatic N) is 3. The zero-order chi connectivity index (χ0) is 25.8. The summed E-state index contributed by atoms with van der Waals surface area (Å²) >= 11 is 0. The third-order valence-electron chi connectivity index (χ3n) is 4.80. The van der Waals surface area contributed by atoms with Gasteiger partial charge in [0, 0.05) is 30.8 Å². The van der Waals surface area contributed by atoms with Crippen molar-refractivity contribution in [1.29, 1.82) is 0 Å². The normalized spacial score (nSPS) is 11.7. The molecule has 2 aromatic carbocycles. The molecule has 186 valence electrons. The Bertz CT molecular complexity index is 1480. The molecular weight excluding hydrogens is 496 g/mol. The van der Waals surface area contributed by atoms with Gasteiger partial charge in [0.15, 0.2) is 15.8 Å². The summed E-state index contributed by atoms with van der Waals surface area (Å²) in [7, 11) is -8.12. The van der Waals surface area contributed by atoms with E-state index in [0.717, 1.165) is 12.3 Å². The molecule has 0 aliphatic heterocycles. The number of ether oxygens (including phenoxy) is 1. The lowest BCUT2D eigenvalue weighted by atomic mass is 10.1. The van der Waals surface area contributed by atoms with Crippen LogP contribution in [-0.2, 0) is 32.8 Å². The van der Waals surface area contributed by atoms with Crippen LogP contribution in [0, 0.1) is 0 Å². The van der Waals surface area contributed by atoms with E-state index >= 15 is 0 Å². The fraction of sp³-hybridized carbons (Fsp3) is 0.190. The molecule has 14 heteroatoms. The van der Waals surface area contributed by atoms with Gasteiger partial charge in [0.1, 0.15) is 21.3 Å². The van der Waals surface area contributed by atoms with E-state index in [9.17, 15) is 21.6 Å². The van der Waals surface area contributed by atoms with Crippen molar-refractivity contribution in [2.75, 3.05) is 6.26 Å². The van der Waals surface area contributed by atoms with Crippen molar-refractivity contribution in [3.63, 3.8) is 0 Å². The number of primary sulfonamides is 1. The SMILES string of the molecule is CS(=O)(=O)c1cc(C(=O)N=C(N)N)ccc1Oc1ccc(CCCn2ccnc2)cc1S(N)(=O)=O. The molecule has 1 aromatic heterocycles. The lowest BCUT2D eigenvalue weighted by molar-refractivity contribution is 0.100. The monoisotopic (exact) mass is 520 g/mol. The predicted octanol–water partition coefficient (Wildman–Crippen LogP) is 0.773. The van der Waals surface area contributed by atoms with E-state index in [1.807, 2.05) is 10.8 Å². The predicted molar refractivity (Wildman–Crippen MR) is 128 cm³/mol. The summed E-state index contributed by atoms with van der Waals surface area (Å²) in [4.78, 5) is 18.8. The van der Waals surface area contributed by atoms with Gasteiger partial charge in [-0.1, -0.05) is 6.07 Å². The van der Waals surface area contributed by atoms with E-state index in [1.165, 1.54) is 24.3 Å². The number of sulfone groups is 1. The number of sulfonamides is 1. The number of aryl methyl sites for hydroxylation is 2. The molecule has 0 spiro atoms. The van der Waals surface area contributed by atoms with E-state index in [4.69, 9.17) is 21.3 Å². The molecule has 0 unspecified atom stereocenters. The van der Waals surface area contributed by atoms with Crippen LogP contribution in [0.15, 0.2) is 69.9 Å². The number of aliphatic imine (C=N–C) groups is 1. The fourth-order valence-corrected chi connectivity index (χ4v) is 4.74. The van der Waals surface area contributed by atoms with Gasteiger partial charge in [-0.25, -0.2) is 27.0 Å². The molecule has 3 aromatic rings. The van der Waals surface area contributed by atoms with Crippen molar-refractivity contribution in [2.45, 2.75) is 29.2 Å². The second kappa shape index (κ2) is 10.2. The molecule has 0 saturated heterocycles. The van der Waals surface area contributed by atoms with Gasteiger partial charge in [0.05, 0.1) is 6.33 Å². The van der Waals surface area contributed by atoms with Gasteiger partial charge >= 0.3 is 0 Å². The fourth-order valence-electron chi connectivity index (χ4n) is 3.21. The maximum absolute atomic E-state index is 12.4. The van der Waals surface area contributed by atoms with Crippen LogP contribution in [-0.4, -0.2) is 44.5 Å². The number of amides is 1. The van der Waals surface area contributed by atoms with Crippen LogP contribution in [0.3, 0.4) is 0 Å². The van der Waals surface area contributed by atoms with E-state index < -0.39 is 31.7 Å². The summed E-state index contributed by atoms with van der Waals surface area (Å²) in [6.07, 6.45) is 7.35. The van der Waals surface area contributed by atoms with Crippen LogP contribution in [0.2, 0.25) is 0 Å². The Balaban J connectivity index is 1.94. The van der Waals surface area contributed by atoms with Crippen LogP contribution in [0.5, 0.6) is 11.5 Å². The molecule has 1 amide bonds. The largest absolute Gasteiger partial charge is 0.455 e. The zero-order valence-electron chi connectivity index (χ0n) is 18.7. The summed E-state index contributed by atoms with van der Waals surface area (Å²) in [5.41, 5.74) is 11.0. The van der Waals surface area contributed by atoms with Gasteiger partial charge in [-0.2, -0.15) is 4.99 Å². The van der Waals surface area contributed by atoms with Crippen molar-refractivity contribution in [1.82, 2.24) is 9.55 Å². The standard InChI is InChI=1S/C21H24N6O6S2/c1-34(29,30)18-12-15(20(28)26-21(22)23)5-7-16(18)33-17-6-4-14(11-19(17)35(24,31)32)3-2-9-27-10-8-25-13-27/h4-8,10-13H,2-3,9H2,1H3,(H2,24,31,32)(H4,22,23,26,28). The molecule has 0 fully saturated rings. The smallest absolute Gasteiger partial charge is 0.280 e. The number of hydrogen-bond acceptors (Lipinski definition) is 7. The summed E-state index contributed by atoms with van der Waals surface area (Å²) < 4.78 is 56.8. The van der Waals surface area contributed by atoms with Crippen molar-refractivity contribution in [3.8, 4) is 11.5 Å². The van der Waals surface area contributed by atoms with Crippen LogP contribution in [0.25, 0.3) is 0 Å². The van der Waals surface area contributed by atoms with Crippen molar-refractivity contribution < 1.29 is 26.4 Å². The molecule has 12 nitrogen and oxygen atoms in total. The highest BCUT2D eigenvalue weighted by atomic mass is 32.2. The first-order valence-electron chi connectivity index (χ1n) is 10.1. The van der Waals surface area contributed by atoms with E-state index in [0.29, 0.717) is 24.9 Å². The molecule has 35 heavy (non-hydrogen) atoms. The van der Waals surface area contributed by atoms with E-state index in [-0.39, 0.29) is 26.9 Å². The Morgan fingerprint density at radius 1 is 1.06 bits per heavy atom. The molecule has 3 rings (SSSR count). The number of rotatable bonds is 9. The molecule has 6 N–H and O–H groups in total. The molecular formula is C21H24N6O6S2. The van der Waals surface area contributed by atoms with Crippen molar-refractivity contribution in [2.24, 2.45) is 21.6 Å². The van der Waals surface area contributed by atoms with Gasteiger partial charge in [0.2, 0.25) is 10.0 Å². The molecule has 1 heterocycles. The second-order valence-corrected chi connectivity index (χ2v) is 11.1. The minimum Gasteiger partial charge on any atom is -0.455 e. The van der Waals surface area contributed by atoms with Gasteiger partial charge in [-0.3, -0.25) is 4.79 Å². The Kier molecular flexibility index (Phi) is 7.57. The van der Waals surface area contributed by atoms with Crippen LogP contribution in [0.1, 0.15) is 22.3 Å². The zero-order valence-corrected chi connectivity index (χ0v) is 20.3. The average molecular weight is 521 g/mol. The van der Waals surface area contributed by atoms with Crippen molar-refractivity contribution >= 4 is 31.7 Å². The molecule has 0 atom stereocenters. The number of carbonyl (C=O) groups excluding carboxylic acids is 1. The Hall–Kier alpha value is -3.75. The summed E-state index contributed by atoms with van der Waals surface area (Å²) in [5, 5.41) is 5.40. The van der Waals surface area contributed by atoms with E-state index in [2.05, 4.69) is 9.98 Å². The number of imidazole rings is 1. The average Bonchev–Trinajstić information content (AvgIpc) is 3.26. The molecule has 0 radical (unpaired) electrons. The summed E-state index contributed by atoms with van der Waals surface area (Å²) in [5.74, 6) is -1.71. The van der Waals surface area contributed by atoms with Gasteiger partial charge < -0.3 is 20.8 Å². The third kappa shape index (κ3) is 6.88. The molecule has 0 aliphatic rings. The number of guanidine groups is 1. The number of aromatic nitrogens is 2. The number of carbonyl (C=O) groups is 1. The minimum absolute atomic E-state index is 0.105. The Morgan fingerprint density at radius 3 is 2.34 bits per heavy atom. The van der Waals surface area contributed by atoms with Crippen LogP contribution >= 0.6 is 0 Å². The lowest BCUT2D eigenvalue weighted by Crippen LogP contribution is -2.24. The molecule has 0 bridgehead atoms.